The third-order valence-electron chi connectivity index (χ3n) is 3.94. The van der Waals surface area contributed by atoms with Crippen LogP contribution in [-0.2, 0) is 0 Å². The first-order chi connectivity index (χ1) is 7.03. The molecule has 1 nitrogen and oxygen atoms in total. The maximum absolute atomic E-state index is 13.3. The maximum Gasteiger partial charge on any atom is 0.0974 e. The predicted octanol–water partition coefficient (Wildman–Crippen LogP) is 3.51. The van der Waals surface area contributed by atoms with Crippen molar-refractivity contribution in [2.24, 2.45) is 5.92 Å². The topological polar surface area (TPSA) is 3.24 Å². The van der Waals surface area contributed by atoms with Crippen LogP contribution in [-0.4, -0.2) is 23.5 Å². The third-order valence-corrected chi connectivity index (χ3v) is 3.94. The van der Waals surface area contributed by atoms with Crippen LogP contribution in [0.3, 0.4) is 0 Å². The van der Waals surface area contributed by atoms with Gasteiger partial charge in [-0.05, 0) is 50.6 Å². The second-order valence-corrected chi connectivity index (χ2v) is 5.66. The van der Waals surface area contributed by atoms with Crippen LogP contribution in [0.4, 0.5) is 4.39 Å². The van der Waals surface area contributed by atoms with E-state index in [1.54, 1.807) is 6.92 Å². The van der Waals surface area contributed by atoms with Crippen molar-refractivity contribution in [2.45, 2.75) is 52.0 Å². The Kier molecular flexibility index (Phi) is 2.89. The molecule has 1 atom stereocenters. The zero-order valence-corrected chi connectivity index (χ0v) is 10.1. The summed E-state index contributed by atoms with van der Waals surface area (Å²) in [5, 5.41) is 0. The van der Waals surface area contributed by atoms with Gasteiger partial charge in [-0.25, -0.2) is 4.39 Å². The van der Waals surface area contributed by atoms with Gasteiger partial charge in [0.1, 0.15) is 0 Å². The molecular formula is C13H22FN. The van der Waals surface area contributed by atoms with E-state index in [-0.39, 0.29) is 5.83 Å². The molecule has 2 rings (SSSR count). The van der Waals surface area contributed by atoms with E-state index in [1.807, 2.05) is 0 Å². The van der Waals surface area contributed by atoms with Crippen molar-refractivity contribution in [3.05, 3.63) is 11.4 Å². The molecule has 0 spiro atoms. The molecule has 2 aliphatic heterocycles. The second kappa shape index (κ2) is 3.89. The van der Waals surface area contributed by atoms with Gasteiger partial charge in [-0.3, -0.25) is 4.90 Å². The molecule has 0 aromatic carbocycles. The van der Waals surface area contributed by atoms with Crippen molar-refractivity contribution in [1.29, 1.82) is 0 Å². The predicted molar refractivity (Wildman–Crippen MR) is 61.4 cm³/mol. The minimum atomic E-state index is 0.0625. The molecule has 0 aliphatic carbocycles. The van der Waals surface area contributed by atoms with Gasteiger partial charge in [0.05, 0.1) is 5.83 Å². The average molecular weight is 211 g/mol. The van der Waals surface area contributed by atoms with Crippen molar-refractivity contribution in [3.8, 4) is 0 Å². The molecule has 0 radical (unpaired) electrons. The molecule has 0 bridgehead atoms. The van der Waals surface area contributed by atoms with E-state index in [2.05, 4.69) is 18.7 Å². The summed E-state index contributed by atoms with van der Waals surface area (Å²) in [5.74, 6) is 0.775. The average Bonchev–Trinajstić information content (AvgIpc) is 2.57. The Morgan fingerprint density at radius 3 is 2.87 bits per heavy atom. The largest absolute Gasteiger partial charge is 0.293 e. The lowest BCUT2D eigenvalue weighted by atomic mass is 9.84. The summed E-state index contributed by atoms with van der Waals surface area (Å²) in [6, 6.07) is 0. The molecule has 0 unspecified atom stereocenters. The maximum atomic E-state index is 13.3. The summed E-state index contributed by atoms with van der Waals surface area (Å²) >= 11 is 0. The molecule has 0 N–H and O–H groups in total. The number of rotatable bonds is 2. The number of hydrogen-bond acceptors (Lipinski definition) is 1. The lowest BCUT2D eigenvalue weighted by Gasteiger charge is -2.33. The van der Waals surface area contributed by atoms with Crippen LogP contribution < -0.4 is 0 Å². The fourth-order valence-electron chi connectivity index (χ4n) is 3.42. The van der Waals surface area contributed by atoms with Crippen LogP contribution in [0.1, 0.15) is 46.5 Å². The summed E-state index contributed by atoms with van der Waals surface area (Å²) in [4.78, 5) is 2.52. The molecule has 0 aromatic rings. The number of halogens is 1. The summed E-state index contributed by atoms with van der Waals surface area (Å²) in [7, 11) is 0. The van der Waals surface area contributed by atoms with E-state index in [0.29, 0.717) is 11.5 Å². The Bertz CT molecular complexity index is 278. The van der Waals surface area contributed by atoms with Crippen LogP contribution >= 0.6 is 0 Å². The first-order valence-electron chi connectivity index (χ1n) is 6.13. The smallest absolute Gasteiger partial charge is 0.0974 e. The third kappa shape index (κ3) is 1.96. The Morgan fingerprint density at radius 1 is 1.53 bits per heavy atom. The first kappa shape index (κ1) is 11.1. The van der Waals surface area contributed by atoms with Crippen LogP contribution in [0.2, 0.25) is 0 Å². The van der Waals surface area contributed by atoms with Gasteiger partial charge in [0.15, 0.2) is 0 Å². The highest BCUT2D eigenvalue weighted by Gasteiger charge is 2.46. The molecular weight excluding hydrogens is 189 g/mol. The summed E-state index contributed by atoms with van der Waals surface area (Å²) in [6.45, 7) is 8.21. The Hall–Kier alpha value is -0.370. The van der Waals surface area contributed by atoms with Gasteiger partial charge in [0.25, 0.3) is 0 Å². The molecule has 15 heavy (non-hydrogen) atoms. The van der Waals surface area contributed by atoms with Crippen molar-refractivity contribution >= 4 is 0 Å². The number of nitrogens with zero attached hydrogens (tertiary/aromatic N) is 1. The van der Waals surface area contributed by atoms with E-state index >= 15 is 0 Å². The van der Waals surface area contributed by atoms with Crippen LogP contribution in [0.25, 0.3) is 0 Å². The van der Waals surface area contributed by atoms with E-state index < -0.39 is 0 Å². The van der Waals surface area contributed by atoms with Gasteiger partial charge in [-0.2, -0.15) is 0 Å². The molecule has 0 saturated carbocycles. The highest BCUT2D eigenvalue weighted by atomic mass is 19.1. The van der Waals surface area contributed by atoms with Gasteiger partial charge in [0, 0.05) is 12.1 Å². The molecule has 86 valence electrons. The lowest BCUT2D eigenvalue weighted by molar-refractivity contribution is 0.163. The van der Waals surface area contributed by atoms with Crippen molar-refractivity contribution in [3.63, 3.8) is 0 Å². The van der Waals surface area contributed by atoms with Gasteiger partial charge >= 0.3 is 0 Å². The second-order valence-electron chi connectivity index (χ2n) is 5.66. The first-order valence-corrected chi connectivity index (χ1v) is 6.13. The van der Waals surface area contributed by atoms with Crippen molar-refractivity contribution in [2.75, 3.05) is 13.1 Å². The molecule has 2 saturated heterocycles. The van der Waals surface area contributed by atoms with Crippen molar-refractivity contribution < 1.29 is 4.39 Å². The van der Waals surface area contributed by atoms with Gasteiger partial charge in [-0.15, -0.1) is 0 Å². The van der Waals surface area contributed by atoms with E-state index in [4.69, 9.17) is 0 Å². The fourth-order valence-corrected chi connectivity index (χ4v) is 3.42. The number of allylic oxidation sites excluding steroid dienone is 1. The lowest BCUT2D eigenvalue weighted by Crippen LogP contribution is -2.39. The highest BCUT2D eigenvalue weighted by Crippen LogP contribution is 2.45. The van der Waals surface area contributed by atoms with E-state index in [9.17, 15) is 4.39 Å². The molecule has 2 fully saturated rings. The fraction of sp³-hybridized carbons (Fsp3) is 0.846. The van der Waals surface area contributed by atoms with E-state index in [0.717, 1.165) is 18.5 Å². The number of fused-ring (bicyclic) bond motifs is 1. The Balaban J connectivity index is 2.19. The number of hydrogen-bond donors (Lipinski definition) is 0. The van der Waals surface area contributed by atoms with Gasteiger partial charge < -0.3 is 0 Å². The van der Waals surface area contributed by atoms with E-state index in [1.165, 1.54) is 25.8 Å². The van der Waals surface area contributed by atoms with Gasteiger partial charge in [0.2, 0.25) is 0 Å². The monoisotopic (exact) mass is 211 g/mol. The minimum absolute atomic E-state index is 0.0625. The van der Waals surface area contributed by atoms with Crippen LogP contribution in [0.5, 0.6) is 0 Å². The Labute approximate surface area is 92.3 Å². The molecule has 2 heterocycles. The summed E-state index contributed by atoms with van der Waals surface area (Å²) < 4.78 is 13.3. The minimum Gasteiger partial charge on any atom is -0.293 e. The van der Waals surface area contributed by atoms with Crippen molar-refractivity contribution in [1.82, 2.24) is 4.90 Å². The Morgan fingerprint density at radius 2 is 2.27 bits per heavy atom. The van der Waals surface area contributed by atoms with Crippen LogP contribution in [0.15, 0.2) is 11.4 Å². The van der Waals surface area contributed by atoms with Gasteiger partial charge in [-0.1, -0.05) is 13.8 Å². The standard InChI is InChI=1S/C13H22FN/c1-10(2)7-13-5-4-6-15(13)9-12(8-13)11(3)14/h10H,4-9H2,1-3H3/b12-11-/t13-/m1/s1. The molecule has 2 heteroatoms. The van der Waals surface area contributed by atoms with Crippen LogP contribution in [0, 0.1) is 5.92 Å². The highest BCUT2D eigenvalue weighted by molar-refractivity contribution is 5.22. The normalized spacial score (nSPS) is 35.0. The summed E-state index contributed by atoms with van der Waals surface area (Å²) in [6.07, 6.45) is 4.77. The zero-order chi connectivity index (χ0) is 11.1. The molecule has 0 aromatic heterocycles. The SMILES string of the molecule is C/C(F)=C1/CN2CCC[C@@]2(CC(C)C)C1. The quantitative estimate of drug-likeness (QED) is 0.675. The molecule has 2 aliphatic rings. The summed E-state index contributed by atoms with van der Waals surface area (Å²) in [5.41, 5.74) is 1.37. The molecule has 0 amide bonds. The zero-order valence-electron chi connectivity index (χ0n) is 10.1.